The van der Waals surface area contributed by atoms with Gasteiger partial charge in [-0.05, 0) is 25.7 Å². The molecule has 2 fully saturated rings. The minimum absolute atomic E-state index is 0.117. The summed E-state index contributed by atoms with van der Waals surface area (Å²) < 4.78 is 43.2. The van der Waals surface area contributed by atoms with Crippen molar-refractivity contribution < 1.29 is 17.9 Å². The predicted molar refractivity (Wildman–Crippen MR) is 80.5 cm³/mol. The molecule has 9 heteroatoms. The second-order valence-corrected chi connectivity index (χ2v) is 8.07. The number of ether oxygens (including phenoxy) is 1. The van der Waals surface area contributed by atoms with Gasteiger partial charge in [-0.25, -0.2) is 0 Å². The Morgan fingerprint density at radius 1 is 1.27 bits per heavy atom. The van der Waals surface area contributed by atoms with Crippen LogP contribution in [0.3, 0.4) is 0 Å². The summed E-state index contributed by atoms with van der Waals surface area (Å²) in [6.45, 7) is -1.08. The van der Waals surface area contributed by atoms with Gasteiger partial charge in [0.2, 0.25) is 5.13 Å². The van der Waals surface area contributed by atoms with E-state index < -0.39 is 12.7 Å². The molecule has 3 rings (SSSR count). The lowest BCUT2D eigenvalue weighted by molar-refractivity contribution is -0.115. The maximum absolute atomic E-state index is 12.1. The molecule has 4 nitrogen and oxygen atoms in total. The number of hydrogen-bond acceptors (Lipinski definition) is 6. The molecule has 1 saturated carbocycles. The predicted octanol–water partition coefficient (Wildman–Crippen LogP) is 4.10. The highest BCUT2D eigenvalue weighted by atomic mass is 32.2. The third kappa shape index (κ3) is 4.26. The first-order valence-corrected chi connectivity index (χ1v) is 9.19. The Morgan fingerprint density at radius 3 is 2.77 bits per heavy atom. The third-order valence-corrected chi connectivity index (χ3v) is 6.24. The molecular weight excluding hydrogens is 335 g/mol. The first-order chi connectivity index (χ1) is 10.4. The van der Waals surface area contributed by atoms with Crippen LogP contribution in [0.5, 0.6) is 0 Å². The van der Waals surface area contributed by atoms with Crippen molar-refractivity contribution in [2.45, 2.75) is 60.7 Å². The highest BCUT2D eigenvalue weighted by molar-refractivity contribution is 8.01. The van der Waals surface area contributed by atoms with E-state index in [1.165, 1.54) is 37.4 Å². The highest BCUT2D eigenvalue weighted by Gasteiger charge is 2.42. The lowest BCUT2D eigenvalue weighted by atomic mass is 9.98. The van der Waals surface area contributed by atoms with Gasteiger partial charge in [0, 0.05) is 5.75 Å². The van der Waals surface area contributed by atoms with Gasteiger partial charge in [0.05, 0.1) is 11.7 Å². The van der Waals surface area contributed by atoms with E-state index in [0.717, 1.165) is 29.9 Å². The minimum atomic E-state index is -4.24. The van der Waals surface area contributed by atoms with Crippen LogP contribution < -0.4 is 5.32 Å². The summed E-state index contributed by atoms with van der Waals surface area (Å²) in [7, 11) is 0. The first kappa shape index (κ1) is 16.3. The van der Waals surface area contributed by atoms with Gasteiger partial charge in [-0.3, -0.25) is 0 Å². The Balaban J connectivity index is 1.43. The number of thioether (sulfide) groups is 1. The minimum Gasteiger partial charge on any atom is -0.371 e. The van der Waals surface area contributed by atoms with Crippen LogP contribution in [0.15, 0.2) is 4.34 Å². The molecule has 0 bridgehead atoms. The molecule has 1 spiro atoms. The zero-order chi connectivity index (χ0) is 15.6. The largest absolute Gasteiger partial charge is 0.405 e. The van der Waals surface area contributed by atoms with Crippen LogP contribution in [0.25, 0.3) is 0 Å². The summed E-state index contributed by atoms with van der Waals surface area (Å²) in [5, 5.41) is 10.1. The second-order valence-electron chi connectivity index (χ2n) is 5.82. The quantitative estimate of drug-likeness (QED) is 0.808. The van der Waals surface area contributed by atoms with Crippen molar-refractivity contribution in [3.63, 3.8) is 0 Å². The molecule has 124 valence electrons. The van der Waals surface area contributed by atoms with Crippen LogP contribution in [-0.2, 0) is 4.74 Å². The number of anilines is 1. The molecule has 1 N–H and O–H groups in total. The van der Waals surface area contributed by atoms with Gasteiger partial charge in [-0.2, -0.15) is 13.2 Å². The van der Waals surface area contributed by atoms with Crippen LogP contribution in [0.4, 0.5) is 18.3 Å². The third-order valence-electron chi connectivity index (χ3n) is 4.09. The fraction of sp³-hybridized carbons (Fsp3) is 0.846. The smallest absolute Gasteiger partial charge is 0.371 e. The van der Waals surface area contributed by atoms with E-state index in [2.05, 4.69) is 15.5 Å². The summed E-state index contributed by atoms with van der Waals surface area (Å²) in [5.41, 5.74) is 0.117. The number of aromatic nitrogens is 2. The van der Waals surface area contributed by atoms with Crippen LogP contribution >= 0.6 is 23.1 Å². The summed E-state index contributed by atoms with van der Waals surface area (Å²) >= 11 is 2.67. The SMILES string of the molecule is FC(F)(F)CNc1nnc(SC[C@@H]2CCC3(CCCC3)O2)s1. The van der Waals surface area contributed by atoms with Crippen molar-refractivity contribution >= 4 is 28.2 Å². The van der Waals surface area contributed by atoms with E-state index >= 15 is 0 Å². The normalized spacial score (nSPS) is 24.2. The van der Waals surface area contributed by atoms with E-state index in [-0.39, 0.29) is 16.8 Å². The molecule has 22 heavy (non-hydrogen) atoms. The number of halogens is 3. The number of hydrogen-bond donors (Lipinski definition) is 1. The van der Waals surface area contributed by atoms with Gasteiger partial charge in [-0.15, -0.1) is 10.2 Å². The van der Waals surface area contributed by atoms with Gasteiger partial charge in [-0.1, -0.05) is 35.9 Å². The zero-order valence-electron chi connectivity index (χ0n) is 12.0. The molecule has 1 aromatic rings. The van der Waals surface area contributed by atoms with Crippen molar-refractivity contribution in [1.82, 2.24) is 10.2 Å². The standard InChI is InChI=1S/C13H18F3N3OS2/c14-13(15,16)8-17-10-18-19-11(22-10)21-7-9-3-6-12(20-9)4-1-2-5-12/h9H,1-8H2,(H,17,18)/t9-/m0/s1. The Morgan fingerprint density at radius 2 is 2.05 bits per heavy atom. The molecule has 1 atom stereocenters. The molecule has 2 heterocycles. The molecule has 0 amide bonds. The summed E-state index contributed by atoms with van der Waals surface area (Å²) in [6.07, 6.45) is 3.01. The van der Waals surface area contributed by atoms with E-state index in [1.807, 2.05) is 0 Å². The van der Waals surface area contributed by atoms with Crippen molar-refractivity contribution in [2.75, 3.05) is 17.6 Å². The van der Waals surface area contributed by atoms with Crippen LogP contribution in [0.1, 0.15) is 38.5 Å². The Bertz CT molecular complexity index is 503. The van der Waals surface area contributed by atoms with Gasteiger partial charge in [0.1, 0.15) is 6.54 Å². The average Bonchev–Trinajstić information content (AvgIpc) is 3.17. The fourth-order valence-electron chi connectivity index (χ4n) is 3.08. The highest BCUT2D eigenvalue weighted by Crippen LogP contribution is 2.44. The van der Waals surface area contributed by atoms with Gasteiger partial charge in [0.15, 0.2) is 4.34 Å². The lowest BCUT2D eigenvalue weighted by Crippen LogP contribution is -2.25. The molecule has 2 aliphatic rings. The summed E-state index contributed by atoms with van der Waals surface area (Å²) in [4.78, 5) is 0. The fourth-order valence-corrected chi connectivity index (χ4v) is 4.89. The van der Waals surface area contributed by atoms with Crippen molar-refractivity contribution in [2.24, 2.45) is 0 Å². The van der Waals surface area contributed by atoms with E-state index in [1.54, 1.807) is 0 Å². The average molecular weight is 353 g/mol. The van der Waals surface area contributed by atoms with Gasteiger partial charge >= 0.3 is 6.18 Å². The summed E-state index contributed by atoms with van der Waals surface area (Å²) in [6, 6.07) is 0. The monoisotopic (exact) mass is 353 g/mol. The Kier molecular flexibility index (Phi) is 4.84. The van der Waals surface area contributed by atoms with Crippen molar-refractivity contribution in [3.05, 3.63) is 0 Å². The molecular formula is C13H18F3N3OS2. The number of rotatable bonds is 5. The summed E-state index contributed by atoms with van der Waals surface area (Å²) in [5.74, 6) is 0.787. The zero-order valence-corrected chi connectivity index (χ0v) is 13.6. The number of nitrogens with zero attached hydrogens (tertiary/aromatic N) is 2. The number of alkyl halides is 3. The van der Waals surface area contributed by atoms with E-state index in [4.69, 9.17) is 4.74 Å². The van der Waals surface area contributed by atoms with Crippen LogP contribution in [-0.4, -0.2) is 40.4 Å². The maximum atomic E-state index is 12.1. The van der Waals surface area contributed by atoms with Crippen molar-refractivity contribution in [1.29, 1.82) is 0 Å². The van der Waals surface area contributed by atoms with Gasteiger partial charge in [0.25, 0.3) is 0 Å². The molecule has 1 aliphatic carbocycles. The first-order valence-electron chi connectivity index (χ1n) is 7.39. The maximum Gasteiger partial charge on any atom is 0.405 e. The van der Waals surface area contributed by atoms with Gasteiger partial charge < -0.3 is 10.1 Å². The molecule has 0 aromatic carbocycles. The van der Waals surface area contributed by atoms with Crippen LogP contribution in [0, 0.1) is 0 Å². The van der Waals surface area contributed by atoms with Crippen LogP contribution in [0.2, 0.25) is 0 Å². The molecule has 1 aliphatic heterocycles. The topological polar surface area (TPSA) is 47.0 Å². The molecule has 0 radical (unpaired) electrons. The van der Waals surface area contributed by atoms with E-state index in [0.29, 0.717) is 4.34 Å². The van der Waals surface area contributed by atoms with E-state index in [9.17, 15) is 13.2 Å². The number of nitrogens with one attached hydrogen (secondary N) is 1. The second kappa shape index (κ2) is 6.52. The molecule has 0 unspecified atom stereocenters. The van der Waals surface area contributed by atoms with Crippen molar-refractivity contribution in [3.8, 4) is 0 Å². The lowest BCUT2D eigenvalue weighted by Gasteiger charge is -2.23. The molecule has 1 aromatic heterocycles. The Hall–Kier alpha value is -0.540. The Labute approximate surface area is 135 Å². The molecule has 1 saturated heterocycles.